The van der Waals surface area contributed by atoms with E-state index in [0.717, 1.165) is 24.8 Å². The van der Waals surface area contributed by atoms with Crippen LogP contribution in [0.1, 0.15) is 53.2 Å². The standard InChI is InChI=1S/C16H20O2/c1-3-7-13-12-9-6-5-8-11(12)10-14(16(13)18)15(17)4-2/h3,10,18H,1,4-9H2,2H3. The van der Waals surface area contributed by atoms with Gasteiger partial charge >= 0.3 is 0 Å². The van der Waals surface area contributed by atoms with Crippen molar-refractivity contribution < 1.29 is 9.90 Å². The molecule has 0 unspecified atom stereocenters. The van der Waals surface area contributed by atoms with Crippen LogP contribution in [0.2, 0.25) is 0 Å². The summed E-state index contributed by atoms with van der Waals surface area (Å²) < 4.78 is 0. The van der Waals surface area contributed by atoms with Gasteiger partial charge in [0.1, 0.15) is 5.75 Å². The SMILES string of the molecule is C=CCc1c(O)c(C(=O)CC)cc2c1CCCC2. The first kappa shape index (κ1) is 12.9. The summed E-state index contributed by atoms with van der Waals surface area (Å²) in [5.41, 5.74) is 3.90. The monoisotopic (exact) mass is 244 g/mol. The van der Waals surface area contributed by atoms with Gasteiger partial charge in [-0.25, -0.2) is 0 Å². The highest BCUT2D eigenvalue weighted by Gasteiger charge is 2.21. The molecule has 18 heavy (non-hydrogen) atoms. The second kappa shape index (κ2) is 5.38. The molecule has 1 N–H and O–H groups in total. The summed E-state index contributed by atoms with van der Waals surface area (Å²) in [5.74, 6) is 0.202. The van der Waals surface area contributed by atoms with E-state index in [4.69, 9.17) is 0 Å². The molecule has 1 aromatic rings. The topological polar surface area (TPSA) is 37.3 Å². The number of fused-ring (bicyclic) bond motifs is 1. The number of carbonyl (C=O) groups is 1. The zero-order valence-corrected chi connectivity index (χ0v) is 11.0. The maximum absolute atomic E-state index is 11.9. The fourth-order valence-corrected chi connectivity index (χ4v) is 2.75. The van der Waals surface area contributed by atoms with Gasteiger partial charge in [-0.1, -0.05) is 13.0 Å². The number of rotatable bonds is 4. The van der Waals surface area contributed by atoms with Gasteiger partial charge in [0.2, 0.25) is 0 Å². The molecule has 0 saturated heterocycles. The Kier molecular flexibility index (Phi) is 3.85. The van der Waals surface area contributed by atoms with Crippen molar-refractivity contribution in [1.82, 2.24) is 0 Å². The van der Waals surface area contributed by atoms with Gasteiger partial charge < -0.3 is 5.11 Å². The smallest absolute Gasteiger partial charge is 0.166 e. The summed E-state index contributed by atoms with van der Waals surface area (Å²) in [4.78, 5) is 11.9. The molecule has 0 spiro atoms. The minimum atomic E-state index is 0.0196. The van der Waals surface area contributed by atoms with E-state index in [-0.39, 0.29) is 11.5 Å². The molecular formula is C16H20O2. The van der Waals surface area contributed by atoms with Gasteiger partial charge in [-0.05, 0) is 49.3 Å². The lowest BCUT2D eigenvalue weighted by atomic mass is 9.84. The van der Waals surface area contributed by atoms with E-state index in [9.17, 15) is 9.90 Å². The number of aryl methyl sites for hydroxylation is 1. The van der Waals surface area contributed by atoms with E-state index in [1.807, 2.05) is 13.0 Å². The molecule has 1 aliphatic rings. The Morgan fingerprint density at radius 2 is 2.17 bits per heavy atom. The largest absolute Gasteiger partial charge is 0.507 e. The zero-order valence-electron chi connectivity index (χ0n) is 11.0. The van der Waals surface area contributed by atoms with Gasteiger partial charge in [0, 0.05) is 12.0 Å². The van der Waals surface area contributed by atoms with Gasteiger partial charge in [0.05, 0.1) is 5.56 Å². The van der Waals surface area contributed by atoms with Crippen molar-refractivity contribution in [2.75, 3.05) is 0 Å². The Morgan fingerprint density at radius 3 is 2.83 bits per heavy atom. The zero-order chi connectivity index (χ0) is 13.1. The summed E-state index contributed by atoms with van der Waals surface area (Å²) in [5, 5.41) is 10.3. The molecule has 0 heterocycles. The molecule has 1 aliphatic carbocycles. The van der Waals surface area contributed by atoms with Crippen LogP contribution in [0.5, 0.6) is 5.75 Å². The van der Waals surface area contributed by atoms with Crippen molar-refractivity contribution in [1.29, 1.82) is 0 Å². The van der Waals surface area contributed by atoms with E-state index < -0.39 is 0 Å². The summed E-state index contributed by atoms with van der Waals surface area (Å²) in [7, 11) is 0. The quantitative estimate of drug-likeness (QED) is 0.649. The predicted molar refractivity (Wildman–Crippen MR) is 73.3 cm³/mol. The van der Waals surface area contributed by atoms with Crippen LogP contribution in [0.25, 0.3) is 0 Å². The van der Waals surface area contributed by atoms with Gasteiger partial charge in [-0.3, -0.25) is 4.79 Å². The van der Waals surface area contributed by atoms with Crippen LogP contribution < -0.4 is 0 Å². The van der Waals surface area contributed by atoms with Crippen molar-refractivity contribution >= 4 is 5.78 Å². The Balaban J connectivity index is 2.60. The molecule has 96 valence electrons. The third-order valence-corrected chi connectivity index (χ3v) is 3.70. The number of phenols is 1. The minimum absolute atomic E-state index is 0.0196. The van der Waals surface area contributed by atoms with Crippen molar-refractivity contribution in [2.24, 2.45) is 0 Å². The van der Waals surface area contributed by atoms with Crippen molar-refractivity contribution in [2.45, 2.75) is 45.4 Å². The van der Waals surface area contributed by atoms with Crippen molar-refractivity contribution in [3.8, 4) is 5.75 Å². The maximum atomic E-state index is 11.9. The van der Waals surface area contributed by atoms with E-state index in [2.05, 4.69) is 6.58 Å². The molecule has 0 fully saturated rings. The van der Waals surface area contributed by atoms with Gasteiger partial charge in [-0.15, -0.1) is 6.58 Å². The third kappa shape index (κ3) is 2.20. The fraction of sp³-hybridized carbons (Fsp3) is 0.438. The highest BCUT2D eigenvalue weighted by Crippen LogP contribution is 2.34. The number of hydrogen-bond acceptors (Lipinski definition) is 2. The molecule has 0 atom stereocenters. The number of carbonyl (C=O) groups excluding carboxylic acids is 1. The molecule has 1 aromatic carbocycles. The lowest BCUT2D eigenvalue weighted by Crippen LogP contribution is -2.10. The number of benzene rings is 1. The van der Waals surface area contributed by atoms with Gasteiger partial charge in [0.15, 0.2) is 5.78 Å². The van der Waals surface area contributed by atoms with Crippen molar-refractivity contribution in [3.05, 3.63) is 41.0 Å². The molecule has 2 heteroatoms. The maximum Gasteiger partial charge on any atom is 0.166 e. The van der Waals surface area contributed by atoms with Crippen LogP contribution >= 0.6 is 0 Å². The van der Waals surface area contributed by atoms with E-state index >= 15 is 0 Å². The fourth-order valence-electron chi connectivity index (χ4n) is 2.75. The average molecular weight is 244 g/mol. The normalized spacial score (nSPS) is 14.1. The number of phenolic OH excluding ortho intramolecular Hbond substituents is 1. The molecule has 0 saturated carbocycles. The Bertz CT molecular complexity index is 486. The highest BCUT2D eigenvalue weighted by atomic mass is 16.3. The van der Waals surface area contributed by atoms with Crippen LogP contribution in [0.15, 0.2) is 18.7 Å². The summed E-state index contributed by atoms with van der Waals surface area (Å²) >= 11 is 0. The van der Waals surface area contributed by atoms with Crippen LogP contribution in [0, 0.1) is 0 Å². The number of ketones is 1. The lowest BCUT2D eigenvalue weighted by molar-refractivity contribution is 0.0985. The first-order valence-electron chi connectivity index (χ1n) is 6.69. The summed E-state index contributed by atoms with van der Waals surface area (Å²) in [6, 6.07) is 1.91. The molecule has 0 radical (unpaired) electrons. The van der Waals surface area contributed by atoms with E-state index in [1.54, 1.807) is 6.08 Å². The Labute approximate surface area is 108 Å². The van der Waals surface area contributed by atoms with Gasteiger partial charge in [0.25, 0.3) is 0 Å². The Hall–Kier alpha value is -1.57. The van der Waals surface area contributed by atoms with E-state index in [0.29, 0.717) is 18.4 Å². The first-order chi connectivity index (χ1) is 8.69. The molecule has 0 bridgehead atoms. The first-order valence-corrected chi connectivity index (χ1v) is 6.69. The number of Topliss-reactive ketones (excluding diaryl/α,β-unsaturated/α-hetero) is 1. The number of aromatic hydroxyl groups is 1. The molecule has 0 amide bonds. The molecule has 0 aromatic heterocycles. The van der Waals surface area contributed by atoms with Gasteiger partial charge in [-0.2, -0.15) is 0 Å². The Morgan fingerprint density at radius 1 is 1.44 bits per heavy atom. The lowest BCUT2D eigenvalue weighted by Gasteiger charge is -2.22. The summed E-state index contributed by atoms with van der Waals surface area (Å²) in [6.07, 6.45) is 7.22. The summed E-state index contributed by atoms with van der Waals surface area (Å²) in [6.45, 7) is 5.57. The van der Waals surface area contributed by atoms with Crippen LogP contribution in [0.4, 0.5) is 0 Å². The third-order valence-electron chi connectivity index (χ3n) is 3.70. The molecule has 0 aliphatic heterocycles. The average Bonchev–Trinajstić information content (AvgIpc) is 2.41. The second-order valence-corrected chi connectivity index (χ2v) is 4.87. The number of hydrogen-bond donors (Lipinski definition) is 1. The second-order valence-electron chi connectivity index (χ2n) is 4.87. The van der Waals surface area contributed by atoms with Crippen LogP contribution in [-0.2, 0) is 19.3 Å². The minimum Gasteiger partial charge on any atom is -0.507 e. The number of allylic oxidation sites excluding steroid dienone is 1. The molecular weight excluding hydrogens is 224 g/mol. The van der Waals surface area contributed by atoms with Crippen LogP contribution in [0.3, 0.4) is 0 Å². The predicted octanol–water partition coefficient (Wildman–Crippen LogP) is 3.59. The van der Waals surface area contributed by atoms with Crippen LogP contribution in [-0.4, -0.2) is 10.9 Å². The van der Waals surface area contributed by atoms with E-state index in [1.165, 1.54) is 17.5 Å². The molecule has 2 rings (SSSR count). The molecule has 2 nitrogen and oxygen atoms in total. The highest BCUT2D eigenvalue weighted by molar-refractivity contribution is 5.99. The van der Waals surface area contributed by atoms with Crippen molar-refractivity contribution in [3.63, 3.8) is 0 Å².